The Kier molecular flexibility index (Phi) is 4.02. The van der Waals surface area contributed by atoms with E-state index in [1.165, 1.54) is 19.3 Å². The molecule has 0 aromatic heterocycles. The lowest BCUT2D eigenvalue weighted by atomic mass is 9.72. The Morgan fingerprint density at radius 3 is 2.54 bits per heavy atom. The first-order valence-corrected chi connectivity index (χ1v) is 5.35. The highest BCUT2D eigenvalue weighted by molar-refractivity contribution is 5.00. The van der Waals surface area contributed by atoms with Gasteiger partial charge in [0.15, 0.2) is 0 Å². The average Bonchev–Trinajstić information content (AvgIpc) is 2.20. The van der Waals surface area contributed by atoms with Gasteiger partial charge in [-0.1, -0.05) is 25.3 Å². The highest BCUT2D eigenvalue weighted by Gasteiger charge is 2.30. The second-order valence-corrected chi connectivity index (χ2v) is 4.13. The van der Waals surface area contributed by atoms with E-state index in [-0.39, 0.29) is 5.41 Å². The molecule has 0 saturated heterocycles. The lowest BCUT2D eigenvalue weighted by Crippen LogP contribution is -2.21. The molecule has 0 spiro atoms. The Hall–Kier alpha value is -0.770. The molecule has 0 aromatic rings. The number of unbranched alkanes of at least 4 members (excludes halogenated alkanes) is 1. The summed E-state index contributed by atoms with van der Waals surface area (Å²) in [6.45, 7) is 3.71. The molecule has 0 N–H and O–H groups in total. The molecule has 1 aliphatic rings. The molecular formula is C12H19N. The fraction of sp³-hybridized carbons (Fsp3) is 0.750. The van der Waals surface area contributed by atoms with E-state index in [0.29, 0.717) is 0 Å². The van der Waals surface area contributed by atoms with E-state index in [4.69, 9.17) is 5.26 Å². The van der Waals surface area contributed by atoms with Gasteiger partial charge >= 0.3 is 0 Å². The summed E-state index contributed by atoms with van der Waals surface area (Å²) in [6.07, 6.45) is 11.3. The fourth-order valence-electron chi connectivity index (χ4n) is 2.23. The van der Waals surface area contributed by atoms with Gasteiger partial charge in [0, 0.05) is 0 Å². The highest BCUT2D eigenvalue weighted by Crippen LogP contribution is 2.39. The maximum Gasteiger partial charge on any atom is 0.0689 e. The smallest absolute Gasteiger partial charge is 0.0689 e. The predicted octanol–water partition coefficient (Wildman–Crippen LogP) is 3.82. The molecule has 1 saturated carbocycles. The first-order valence-electron chi connectivity index (χ1n) is 5.35. The van der Waals surface area contributed by atoms with Crippen LogP contribution in [0.5, 0.6) is 0 Å². The first kappa shape index (κ1) is 10.3. The number of nitriles is 1. The van der Waals surface area contributed by atoms with Crippen molar-refractivity contribution in [1.82, 2.24) is 0 Å². The van der Waals surface area contributed by atoms with Crippen LogP contribution < -0.4 is 0 Å². The highest BCUT2D eigenvalue weighted by atomic mass is 14.4. The lowest BCUT2D eigenvalue weighted by molar-refractivity contribution is 0.244. The second-order valence-electron chi connectivity index (χ2n) is 4.13. The van der Waals surface area contributed by atoms with E-state index in [2.05, 4.69) is 12.6 Å². The molecule has 0 aromatic carbocycles. The van der Waals surface area contributed by atoms with Crippen LogP contribution >= 0.6 is 0 Å². The topological polar surface area (TPSA) is 23.8 Å². The van der Waals surface area contributed by atoms with Gasteiger partial charge in [-0.2, -0.15) is 5.26 Å². The van der Waals surface area contributed by atoms with Crippen LogP contribution in [0.15, 0.2) is 12.7 Å². The first-order chi connectivity index (χ1) is 6.33. The minimum atomic E-state index is 0.0290. The van der Waals surface area contributed by atoms with Crippen LogP contribution in [-0.2, 0) is 0 Å². The Bertz CT molecular complexity index is 194. The van der Waals surface area contributed by atoms with Crippen molar-refractivity contribution >= 4 is 0 Å². The quantitative estimate of drug-likeness (QED) is 0.473. The predicted molar refractivity (Wildman–Crippen MR) is 55.2 cm³/mol. The SMILES string of the molecule is C=CCCCC1(C#N)CCCCC1. The third kappa shape index (κ3) is 2.88. The van der Waals surface area contributed by atoms with Crippen molar-refractivity contribution in [3.8, 4) is 6.07 Å². The van der Waals surface area contributed by atoms with Crippen molar-refractivity contribution < 1.29 is 0 Å². The van der Waals surface area contributed by atoms with E-state index >= 15 is 0 Å². The second kappa shape index (κ2) is 5.07. The Labute approximate surface area is 81.5 Å². The monoisotopic (exact) mass is 177 g/mol. The van der Waals surface area contributed by atoms with Crippen molar-refractivity contribution in [3.63, 3.8) is 0 Å². The summed E-state index contributed by atoms with van der Waals surface area (Å²) in [4.78, 5) is 0. The van der Waals surface area contributed by atoms with Crippen molar-refractivity contribution in [3.05, 3.63) is 12.7 Å². The summed E-state index contributed by atoms with van der Waals surface area (Å²) in [7, 11) is 0. The van der Waals surface area contributed by atoms with Crippen LogP contribution in [0, 0.1) is 16.7 Å². The van der Waals surface area contributed by atoms with Gasteiger partial charge in [-0.05, 0) is 32.1 Å². The van der Waals surface area contributed by atoms with E-state index in [0.717, 1.165) is 32.1 Å². The summed E-state index contributed by atoms with van der Waals surface area (Å²) >= 11 is 0. The Morgan fingerprint density at radius 2 is 2.00 bits per heavy atom. The zero-order chi connectivity index (χ0) is 9.57. The molecule has 1 heteroatoms. The molecule has 0 amide bonds. The number of hydrogen-bond donors (Lipinski definition) is 0. The van der Waals surface area contributed by atoms with E-state index in [9.17, 15) is 0 Å². The molecule has 1 fully saturated rings. The lowest BCUT2D eigenvalue weighted by Gasteiger charge is -2.30. The van der Waals surface area contributed by atoms with E-state index < -0.39 is 0 Å². The molecule has 1 rings (SSSR count). The normalized spacial score (nSPS) is 20.5. The molecule has 0 heterocycles. The number of allylic oxidation sites excluding steroid dienone is 1. The van der Waals surface area contributed by atoms with Crippen LogP contribution in [0.25, 0.3) is 0 Å². The van der Waals surface area contributed by atoms with Crippen molar-refractivity contribution in [2.75, 3.05) is 0 Å². The van der Waals surface area contributed by atoms with Gasteiger partial charge in [-0.15, -0.1) is 6.58 Å². The van der Waals surface area contributed by atoms with Crippen LogP contribution in [0.2, 0.25) is 0 Å². The summed E-state index contributed by atoms with van der Waals surface area (Å²) in [6, 6.07) is 2.54. The van der Waals surface area contributed by atoms with Crippen LogP contribution in [0.3, 0.4) is 0 Å². The molecule has 1 aliphatic carbocycles. The summed E-state index contributed by atoms with van der Waals surface area (Å²) < 4.78 is 0. The van der Waals surface area contributed by atoms with Crippen molar-refractivity contribution in [1.29, 1.82) is 5.26 Å². The Morgan fingerprint density at radius 1 is 1.31 bits per heavy atom. The third-order valence-electron chi connectivity index (χ3n) is 3.11. The summed E-state index contributed by atoms with van der Waals surface area (Å²) in [5.41, 5.74) is 0.0290. The number of rotatable bonds is 4. The minimum Gasteiger partial charge on any atom is -0.198 e. The molecule has 0 radical (unpaired) electrons. The van der Waals surface area contributed by atoms with Gasteiger partial charge < -0.3 is 0 Å². The maximum absolute atomic E-state index is 9.17. The van der Waals surface area contributed by atoms with Gasteiger partial charge in [0.1, 0.15) is 0 Å². The van der Waals surface area contributed by atoms with Crippen LogP contribution in [0.4, 0.5) is 0 Å². The van der Waals surface area contributed by atoms with Crippen LogP contribution in [0.1, 0.15) is 51.4 Å². The van der Waals surface area contributed by atoms with E-state index in [1.807, 2.05) is 6.08 Å². The van der Waals surface area contributed by atoms with Gasteiger partial charge in [0.05, 0.1) is 11.5 Å². The van der Waals surface area contributed by atoms with Gasteiger partial charge in [-0.25, -0.2) is 0 Å². The molecule has 0 atom stereocenters. The van der Waals surface area contributed by atoms with Gasteiger partial charge in [-0.3, -0.25) is 0 Å². The standard InChI is InChI=1S/C12H19N/c1-2-3-5-8-12(11-13)9-6-4-7-10-12/h2H,1,3-10H2. The Balaban J connectivity index is 2.39. The van der Waals surface area contributed by atoms with Gasteiger partial charge in [0.25, 0.3) is 0 Å². The van der Waals surface area contributed by atoms with Gasteiger partial charge in [0.2, 0.25) is 0 Å². The zero-order valence-corrected chi connectivity index (χ0v) is 8.39. The molecule has 72 valence electrons. The number of nitrogens with zero attached hydrogens (tertiary/aromatic N) is 1. The summed E-state index contributed by atoms with van der Waals surface area (Å²) in [5.74, 6) is 0. The van der Waals surface area contributed by atoms with E-state index in [1.54, 1.807) is 0 Å². The molecule has 13 heavy (non-hydrogen) atoms. The third-order valence-corrected chi connectivity index (χ3v) is 3.11. The fourth-order valence-corrected chi connectivity index (χ4v) is 2.23. The van der Waals surface area contributed by atoms with Crippen molar-refractivity contribution in [2.24, 2.45) is 5.41 Å². The average molecular weight is 177 g/mol. The zero-order valence-electron chi connectivity index (χ0n) is 8.39. The molecule has 0 aliphatic heterocycles. The minimum absolute atomic E-state index is 0.0290. The maximum atomic E-state index is 9.17. The summed E-state index contributed by atoms with van der Waals surface area (Å²) in [5, 5.41) is 9.17. The molecule has 0 bridgehead atoms. The largest absolute Gasteiger partial charge is 0.198 e. The molecular weight excluding hydrogens is 158 g/mol. The molecule has 0 unspecified atom stereocenters. The van der Waals surface area contributed by atoms with Crippen molar-refractivity contribution in [2.45, 2.75) is 51.4 Å². The van der Waals surface area contributed by atoms with Crippen LogP contribution in [-0.4, -0.2) is 0 Å². The number of hydrogen-bond acceptors (Lipinski definition) is 1. The molecule has 1 nitrogen and oxygen atoms in total.